The summed E-state index contributed by atoms with van der Waals surface area (Å²) >= 11 is 0. The van der Waals surface area contributed by atoms with Gasteiger partial charge in [0.2, 0.25) is 0 Å². The molecule has 0 radical (unpaired) electrons. The zero-order valence-corrected chi connectivity index (χ0v) is 9.28. The molecule has 0 saturated carbocycles. The minimum atomic E-state index is -0.277. The summed E-state index contributed by atoms with van der Waals surface area (Å²) in [5, 5.41) is 0. The van der Waals surface area contributed by atoms with Crippen LogP contribution >= 0.6 is 0 Å². The summed E-state index contributed by atoms with van der Waals surface area (Å²) in [6, 6.07) is 3.77. The molecule has 3 heteroatoms. The molecule has 3 nitrogen and oxygen atoms in total. The molecule has 0 aliphatic heterocycles. The third-order valence-corrected chi connectivity index (χ3v) is 2.02. The lowest BCUT2D eigenvalue weighted by Crippen LogP contribution is -2.05. The van der Waals surface area contributed by atoms with E-state index in [0.29, 0.717) is 12.2 Å². The SMILES string of the molecule is CCOC(=O)/C(C)=C/c1cccnc1C. The van der Waals surface area contributed by atoms with Crippen LogP contribution in [0.3, 0.4) is 0 Å². The number of aryl methyl sites for hydroxylation is 1. The molecule has 0 spiro atoms. The first-order chi connectivity index (χ1) is 7.15. The second-order valence-electron chi connectivity index (χ2n) is 3.23. The minimum absolute atomic E-state index is 0.277. The van der Waals surface area contributed by atoms with Gasteiger partial charge in [0.15, 0.2) is 0 Å². The van der Waals surface area contributed by atoms with E-state index in [1.807, 2.05) is 19.1 Å². The van der Waals surface area contributed by atoms with Crippen molar-refractivity contribution in [1.82, 2.24) is 4.98 Å². The minimum Gasteiger partial charge on any atom is -0.463 e. The van der Waals surface area contributed by atoms with E-state index in [1.165, 1.54) is 0 Å². The predicted molar refractivity (Wildman–Crippen MR) is 59.3 cm³/mol. The van der Waals surface area contributed by atoms with E-state index in [-0.39, 0.29) is 5.97 Å². The van der Waals surface area contributed by atoms with Crippen LogP contribution in [0.25, 0.3) is 6.08 Å². The molecule has 0 aromatic carbocycles. The molecule has 1 heterocycles. The van der Waals surface area contributed by atoms with Crippen molar-refractivity contribution in [3.8, 4) is 0 Å². The Bertz CT molecular complexity index is 383. The van der Waals surface area contributed by atoms with Crippen molar-refractivity contribution in [3.63, 3.8) is 0 Å². The molecule has 80 valence electrons. The number of carbonyl (C=O) groups is 1. The average Bonchev–Trinajstić information content (AvgIpc) is 2.21. The van der Waals surface area contributed by atoms with Gasteiger partial charge in [-0.2, -0.15) is 0 Å². The van der Waals surface area contributed by atoms with Gasteiger partial charge < -0.3 is 4.74 Å². The molecule has 1 aromatic heterocycles. The van der Waals surface area contributed by atoms with E-state index in [2.05, 4.69) is 4.98 Å². The highest BCUT2D eigenvalue weighted by molar-refractivity contribution is 5.93. The van der Waals surface area contributed by atoms with E-state index >= 15 is 0 Å². The number of ether oxygens (including phenoxy) is 1. The van der Waals surface area contributed by atoms with Gasteiger partial charge in [-0.25, -0.2) is 4.79 Å². The van der Waals surface area contributed by atoms with E-state index in [0.717, 1.165) is 11.3 Å². The summed E-state index contributed by atoms with van der Waals surface area (Å²) in [5.74, 6) is -0.277. The lowest BCUT2D eigenvalue weighted by atomic mass is 10.1. The number of aromatic nitrogens is 1. The highest BCUT2D eigenvalue weighted by atomic mass is 16.5. The number of pyridine rings is 1. The molecule has 0 bridgehead atoms. The molecule has 1 aromatic rings. The van der Waals surface area contributed by atoms with Gasteiger partial charge in [-0.3, -0.25) is 4.98 Å². The zero-order chi connectivity index (χ0) is 11.3. The van der Waals surface area contributed by atoms with Crippen LogP contribution in [-0.2, 0) is 9.53 Å². The largest absolute Gasteiger partial charge is 0.463 e. The van der Waals surface area contributed by atoms with Gasteiger partial charge in [-0.15, -0.1) is 0 Å². The van der Waals surface area contributed by atoms with Crippen LogP contribution in [0.1, 0.15) is 25.1 Å². The molecule has 0 unspecified atom stereocenters. The van der Waals surface area contributed by atoms with Crippen molar-refractivity contribution in [2.75, 3.05) is 6.61 Å². The number of rotatable bonds is 3. The van der Waals surface area contributed by atoms with Gasteiger partial charge in [0, 0.05) is 17.5 Å². The van der Waals surface area contributed by atoms with Crippen molar-refractivity contribution >= 4 is 12.0 Å². The number of carbonyl (C=O) groups excluding carboxylic acids is 1. The summed E-state index contributed by atoms with van der Waals surface area (Å²) in [6.45, 7) is 5.84. The molecule has 1 rings (SSSR count). The van der Waals surface area contributed by atoms with E-state index in [4.69, 9.17) is 4.74 Å². The summed E-state index contributed by atoms with van der Waals surface area (Å²) in [4.78, 5) is 15.5. The van der Waals surface area contributed by atoms with Crippen LogP contribution in [0, 0.1) is 6.92 Å². The van der Waals surface area contributed by atoms with Gasteiger partial charge in [0.1, 0.15) is 0 Å². The first-order valence-electron chi connectivity index (χ1n) is 4.92. The maximum Gasteiger partial charge on any atom is 0.333 e. The normalized spacial score (nSPS) is 11.3. The fraction of sp³-hybridized carbons (Fsp3) is 0.333. The van der Waals surface area contributed by atoms with Gasteiger partial charge in [0.05, 0.1) is 6.61 Å². The average molecular weight is 205 g/mol. The molecule has 15 heavy (non-hydrogen) atoms. The maximum atomic E-state index is 11.3. The van der Waals surface area contributed by atoms with Crippen molar-refractivity contribution in [2.24, 2.45) is 0 Å². The molecular weight excluding hydrogens is 190 g/mol. The summed E-state index contributed by atoms with van der Waals surface area (Å²) in [6.07, 6.45) is 3.52. The van der Waals surface area contributed by atoms with Crippen molar-refractivity contribution in [3.05, 3.63) is 35.2 Å². The van der Waals surface area contributed by atoms with E-state index in [9.17, 15) is 4.79 Å². The van der Waals surface area contributed by atoms with Crippen molar-refractivity contribution in [1.29, 1.82) is 0 Å². The first kappa shape index (κ1) is 11.4. The Hall–Kier alpha value is -1.64. The Balaban J connectivity index is 2.88. The summed E-state index contributed by atoms with van der Waals surface area (Å²) < 4.78 is 4.89. The van der Waals surface area contributed by atoms with Crippen LogP contribution < -0.4 is 0 Å². The number of hydrogen-bond acceptors (Lipinski definition) is 3. The third kappa shape index (κ3) is 3.20. The summed E-state index contributed by atoms with van der Waals surface area (Å²) in [5.41, 5.74) is 2.44. The fourth-order valence-corrected chi connectivity index (χ4v) is 1.19. The number of nitrogens with zero attached hydrogens (tertiary/aromatic N) is 1. The molecule has 0 aliphatic rings. The van der Waals surface area contributed by atoms with Gasteiger partial charge >= 0.3 is 5.97 Å². The molecular formula is C12H15NO2. The maximum absolute atomic E-state index is 11.3. The third-order valence-electron chi connectivity index (χ3n) is 2.02. The Morgan fingerprint density at radius 1 is 1.60 bits per heavy atom. The number of esters is 1. The quantitative estimate of drug-likeness (QED) is 0.561. The molecule has 0 amide bonds. The van der Waals surface area contributed by atoms with Crippen molar-refractivity contribution in [2.45, 2.75) is 20.8 Å². The molecule has 0 saturated heterocycles. The lowest BCUT2D eigenvalue weighted by Gasteiger charge is -2.02. The van der Waals surface area contributed by atoms with Gasteiger partial charge in [-0.1, -0.05) is 6.07 Å². The highest BCUT2D eigenvalue weighted by Crippen LogP contribution is 2.10. The Kier molecular flexibility index (Phi) is 4.03. The van der Waals surface area contributed by atoms with Crippen LogP contribution in [0.2, 0.25) is 0 Å². The topological polar surface area (TPSA) is 39.2 Å². The summed E-state index contributed by atoms with van der Waals surface area (Å²) in [7, 11) is 0. The van der Waals surface area contributed by atoms with Crippen LogP contribution in [0.15, 0.2) is 23.9 Å². The van der Waals surface area contributed by atoms with Crippen LogP contribution in [0.4, 0.5) is 0 Å². The standard InChI is InChI=1S/C12H15NO2/c1-4-15-12(14)9(2)8-11-6-5-7-13-10(11)3/h5-8H,4H2,1-3H3/b9-8+. The Morgan fingerprint density at radius 2 is 2.33 bits per heavy atom. The highest BCUT2D eigenvalue weighted by Gasteiger charge is 2.05. The molecule has 0 atom stereocenters. The monoisotopic (exact) mass is 205 g/mol. The Morgan fingerprint density at radius 3 is 2.93 bits per heavy atom. The smallest absolute Gasteiger partial charge is 0.333 e. The van der Waals surface area contributed by atoms with Crippen LogP contribution in [-0.4, -0.2) is 17.6 Å². The molecule has 0 aliphatic carbocycles. The van der Waals surface area contributed by atoms with E-state index in [1.54, 1.807) is 26.1 Å². The first-order valence-corrected chi connectivity index (χ1v) is 4.92. The fourth-order valence-electron chi connectivity index (χ4n) is 1.19. The van der Waals surface area contributed by atoms with Crippen molar-refractivity contribution < 1.29 is 9.53 Å². The lowest BCUT2D eigenvalue weighted by molar-refractivity contribution is -0.138. The van der Waals surface area contributed by atoms with Crippen LogP contribution in [0.5, 0.6) is 0 Å². The second kappa shape index (κ2) is 5.29. The number of hydrogen-bond donors (Lipinski definition) is 0. The Labute approximate surface area is 89.8 Å². The van der Waals surface area contributed by atoms with Gasteiger partial charge in [0.25, 0.3) is 0 Å². The molecule has 0 N–H and O–H groups in total. The van der Waals surface area contributed by atoms with E-state index < -0.39 is 0 Å². The van der Waals surface area contributed by atoms with Gasteiger partial charge in [-0.05, 0) is 38.5 Å². The zero-order valence-electron chi connectivity index (χ0n) is 9.28. The molecule has 0 fully saturated rings. The second-order valence-corrected chi connectivity index (χ2v) is 3.23. The predicted octanol–water partition coefficient (Wildman–Crippen LogP) is 2.36.